The fourth-order valence-corrected chi connectivity index (χ4v) is 0.957. The first kappa shape index (κ1) is 15.7. The number of amides is 1. The number of nitrogens with two attached hydrogens (primary N) is 1. The summed E-state index contributed by atoms with van der Waals surface area (Å²) in [5.41, 5.74) is 5.05. The van der Waals surface area contributed by atoms with Crippen molar-refractivity contribution < 1.29 is 33.0 Å². The molecule has 0 unspecified atom stereocenters. The van der Waals surface area contributed by atoms with Crippen molar-refractivity contribution in [2.75, 3.05) is 6.54 Å². The minimum Gasteiger partial charge on any atom is -0.480 e. The normalized spacial score (nSPS) is 15.1. The summed E-state index contributed by atoms with van der Waals surface area (Å²) < 4.78 is 35.1. The van der Waals surface area contributed by atoms with Crippen LogP contribution in [0.15, 0.2) is 0 Å². The Hall–Kier alpha value is -1.35. The van der Waals surface area contributed by atoms with Crippen LogP contribution < -0.4 is 11.1 Å². The molecule has 0 spiro atoms. The zero-order valence-electron chi connectivity index (χ0n) is 8.70. The lowest BCUT2D eigenvalue weighted by Crippen LogP contribution is -2.42. The van der Waals surface area contributed by atoms with Crippen LogP contribution in [0.5, 0.6) is 0 Å². The molecule has 0 aliphatic rings. The number of carboxylic acids is 1. The maximum atomic E-state index is 11.7. The number of alkyl halides is 3. The highest BCUT2D eigenvalue weighted by Crippen LogP contribution is 2.14. The van der Waals surface area contributed by atoms with E-state index < -0.39 is 30.2 Å². The molecule has 1 amide bonds. The van der Waals surface area contributed by atoms with Crippen molar-refractivity contribution in [2.24, 2.45) is 5.73 Å². The average molecular weight is 258 g/mol. The van der Waals surface area contributed by atoms with Crippen molar-refractivity contribution in [2.45, 2.75) is 31.2 Å². The van der Waals surface area contributed by atoms with E-state index in [4.69, 9.17) is 10.8 Å². The van der Waals surface area contributed by atoms with Gasteiger partial charge < -0.3 is 21.3 Å². The standard InChI is InChI=1S/C8H13F3N2O4/c9-8(10,11)7(17)13-3-1-2-4(14)5(12)6(15)16/h4-5,14H,1-3,12H2,(H,13,17)(H,15,16)/t4-,5+/m1/s1. The first-order valence-corrected chi connectivity index (χ1v) is 4.67. The number of carboxylic acid groups (broad SMARTS) is 1. The molecule has 0 aliphatic carbocycles. The van der Waals surface area contributed by atoms with Crippen molar-refractivity contribution in [3.05, 3.63) is 0 Å². The van der Waals surface area contributed by atoms with Crippen LogP contribution in [0.4, 0.5) is 13.2 Å². The third-order valence-electron chi connectivity index (χ3n) is 1.92. The van der Waals surface area contributed by atoms with E-state index in [9.17, 15) is 27.9 Å². The molecule has 0 aromatic rings. The van der Waals surface area contributed by atoms with Crippen LogP contribution in [-0.4, -0.2) is 47.0 Å². The fourth-order valence-electron chi connectivity index (χ4n) is 0.957. The summed E-state index contributed by atoms with van der Waals surface area (Å²) in [6.07, 6.45) is -6.44. The molecular formula is C8H13F3N2O4. The van der Waals surface area contributed by atoms with E-state index in [1.54, 1.807) is 5.32 Å². The molecule has 17 heavy (non-hydrogen) atoms. The van der Waals surface area contributed by atoms with Gasteiger partial charge in [-0.05, 0) is 12.8 Å². The summed E-state index contributed by atoms with van der Waals surface area (Å²) in [7, 11) is 0. The quantitative estimate of drug-likeness (QED) is 0.467. The number of halogens is 3. The van der Waals surface area contributed by atoms with E-state index in [1.165, 1.54) is 0 Å². The van der Waals surface area contributed by atoms with Crippen molar-refractivity contribution in [3.63, 3.8) is 0 Å². The molecule has 0 rings (SSSR count). The number of aliphatic hydroxyl groups excluding tert-OH is 1. The van der Waals surface area contributed by atoms with E-state index in [2.05, 4.69) is 0 Å². The zero-order valence-corrected chi connectivity index (χ0v) is 8.70. The number of carbonyl (C=O) groups is 2. The smallest absolute Gasteiger partial charge is 0.471 e. The van der Waals surface area contributed by atoms with Crippen molar-refractivity contribution in [3.8, 4) is 0 Å². The second kappa shape index (κ2) is 6.40. The summed E-state index contributed by atoms with van der Waals surface area (Å²) in [6.45, 7) is -0.318. The summed E-state index contributed by atoms with van der Waals surface area (Å²) in [4.78, 5) is 20.6. The van der Waals surface area contributed by atoms with Gasteiger partial charge in [0, 0.05) is 6.54 Å². The molecule has 0 heterocycles. The number of aliphatic hydroxyl groups is 1. The second-order valence-electron chi connectivity index (χ2n) is 3.33. The highest BCUT2D eigenvalue weighted by molar-refractivity contribution is 5.81. The Morgan fingerprint density at radius 3 is 2.29 bits per heavy atom. The predicted molar refractivity (Wildman–Crippen MR) is 49.9 cm³/mol. The maximum absolute atomic E-state index is 11.7. The van der Waals surface area contributed by atoms with Crippen molar-refractivity contribution in [1.29, 1.82) is 0 Å². The van der Waals surface area contributed by atoms with Crippen LogP contribution in [0.2, 0.25) is 0 Å². The number of hydrogen-bond acceptors (Lipinski definition) is 4. The third-order valence-corrected chi connectivity index (χ3v) is 1.92. The highest BCUT2D eigenvalue weighted by atomic mass is 19.4. The number of aliphatic carboxylic acids is 1. The maximum Gasteiger partial charge on any atom is 0.471 e. The number of carbonyl (C=O) groups excluding carboxylic acids is 1. The van der Waals surface area contributed by atoms with Gasteiger partial charge in [0.1, 0.15) is 6.04 Å². The summed E-state index contributed by atoms with van der Waals surface area (Å²) in [5, 5.41) is 19.2. The monoisotopic (exact) mass is 258 g/mol. The van der Waals surface area contributed by atoms with Gasteiger partial charge in [0.2, 0.25) is 0 Å². The molecule has 6 nitrogen and oxygen atoms in total. The lowest BCUT2D eigenvalue weighted by atomic mass is 10.1. The van der Waals surface area contributed by atoms with E-state index >= 15 is 0 Å². The van der Waals surface area contributed by atoms with E-state index in [-0.39, 0.29) is 19.4 Å². The van der Waals surface area contributed by atoms with E-state index in [1.807, 2.05) is 0 Å². The lowest BCUT2D eigenvalue weighted by Gasteiger charge is -2.14. The van der Waals surface area contributed by atoms with Crippen molar-refractivity contribution >= 4 is 11.9 Å². The highest BCUT2D eigenvalue weighted by Gasteiger charge is 2.38. The van der Waals surface area contributed by atoms with Gasteiger partial charge in [-0.25, -0.2) is 0 Å². The van der Waals surface area contributed by atoms with Gasteiger partial charge in [0.15, 0.2) is 0 Å². The van der Waals surface area contributed by atoms with Gasteiger partial charge in [0.05, 0.1) is 6.10 Å². The first-order chi connectivity index (χ1) is 7.66. The van der Waals surface area contributed by atoms with Crippen LogP contribution in [0, 0.1) is 0 Å². The molecule has 9 heteroatoms. The Bertz CT molecular complexity index is 282. The Labute approximate surface area is 94.6 Å². The molecule has 0 radical (unpaired) electrons. The first-order valence-electron chi connectivity index (χ1n) is 4.67. The minimum atomic E-state index is -4.95. The molecule has 0 aromatic heterocycles. The average Bonchev–Trinajstić information content (AvgIpc) is 2.20. The molecule has 0 aliphatic heterocycles. The molecule has 0 bridgehead atoms. The predicted octanol–water partition coefficient (Wildman–Crippen LogP) is -0.782. The Kier molecular flexibility index (Phi) is 5.89. The number of rotatable bonds is 6. The van der Waals surface area contributed by atoms with Gasteiger partial charge in [-0.15, -0.1) is 0 Å². The fraction of sp³-hybridized carbons (Fsp3) is 0.750. The molecule has 0 saturated heterocycles. The SMILES string of the molecule is N[C@H](C(=O)O)[C@H](O)CCCNC(=O)C(F)(F)F. The largest absolute Gasteiger partial charge is 0.480 e. The minimum absolute atomic E-state index is 0.00995. The topological polar surface area (TPSA) is 113 Å². The van der Waals surface area contributed by atoms with Crippen LogP contribution in [-0.2, 0) is 9.59 Å². The van der Waals surface area contributed by atoms with E-state index in [0.717, 1.165) is 0 Å². The summed E-state index contributed by atoms with van der Waals surface area (Å²) in [5.74, 6) is -3.48. The second-order valence-corrected chi connectivity index (χ2v) is 3.33. The molecule has 2 atom stereocenters. The van der Waals surface area contributed by atoms with Crippen LogP contribution in [0.3, 0.4) is 0 Å². The molecule has 0 saturated carbocycles. The van der Waals surface area contributed by atoms with Gasteiger partial charge in [-0.1, -0.05) is 0 Å². The zero-order chi connectivity index (χ0) is 13.6. The third kappa shape index (κ3) is 6.07. The van der Waals surface area contributed by atoms with Gasteiger partial charge in [0.25, 0.3) is 0 Å². The molecular weight excluding hydrogens is 245 g/mol. The van der Waals surface area contributed by atoms with Crippen LogP contribution in [0.25, 0.3) is 0 Å². The molecule has 100 valence electrons. The Balaban J connectivity index is 3.79. The number of nitrogens with one attached hydrogen (secondary N) is 1. The van der Waals surface area contributed by atoms with Gasteiger partial charge in [-0.3, -0.25) is 9.59 Å². The molecule has 0 fully saturated rings. The number of hydrogen-bond donors (Lipinski definition) is 4. The lowest BCUT2D eigenvalue weighted by molar-refractivity contribution is -0.173. The van der Waals surface area contributed by atoms with Crippen LogP contribution in [0.1, 0.15) is 12.8 Å². The summed E-state index contributed by atoms with van der Waals surface area (Å²) >= 11 is 0. The molecule has 5 N–H and O–H groups in total. The molecule has 0 aromatic carbocycles. The Morgan fingerprint density at radius 1 is 1.35 bits per heavy atom. The van der Waals surface area contributed by atoms with Crippen LogP contribution >= 0.6 is 0 Å². The summed E-state index contributed by atoms with van der Waals surface area (Å²) in [6, 6.07) is -1.49. The van der Waals surface area contributed by atoms with Gasteiger partial charge in [-0.2, -0.15) is 13.2 Å². The van der Waals surface area contributed by atoms with Gasteiger partial charge >= 0.3 is 18.1 Å². The van der Waals surface area contributed by atoms with Crippen molar-refractivity contribution in [1.82, 2.24) is 5.32 Å². The van der Waals surface area contributed by atoms with E-state index in [0.29, 0.717) is 0 Å². The Morgan fingerprint density at radius 2 is 1.88 bits per heavy atom.